The first-order chi connectivity index (χ1) is 8.66. The van der Waals surface area contributed by atoms with Crippen molar-refractivity contribution in [3.8, 4) is 5.75 Å². The van der Waals surface area contributed by atoms with Gasteiger partial charge in [-0.05, 0) is 31.5 Å². The number of amides is 1. The molecule has 1 unspecified atom stereocenters. The number of aryl methyl sites for hydroxylation is 1. The van der Waals surface area contributed by atoms with E-state index in [1.54, 1.807) is 0 Å². The van der Waals surface area contributed by atoms with Gasteiger partial charge in [-0.15, -0.1) is 12.4 Å². The number of hydrogen-bond acceptors (Lipinski definition) is 3. The van der Waals surface area contributed by atoms with Crippen molar-refractivity contribution in [1.82, 2.24) is 10.2 Å². The Labute approximate surface area is 120 Å². The molecule has 1 N–H and O–H groups in total. The summed E-state index contributed by atoms with van der Waals surface area (Å²) in [5, 5.41) is 3.27. The lowest BCUT2D eigenvalue weighted by molar-refractivity contribution is -0.136. The van der Waals surface area contributed by atoms with Gasteiger partial charge >= 0.3 is 0 Å². The van der Waals surface area contributed by atoms with Gasteiger partial charge in [0, 0.05) is 25.7 Å². The molecule has 1 aromatic rings. The summed E-state index contributed by atoms with van der Waals surface area (Å²) in [5.41, 5.74) is 1.13. The van der Waals surface area contributed by atoms with Gasteiger partial charge in [-0.25, -0.2) is 0 Å². The Morgan fingerprint density at radius 1 is 1.53 bits per heavy atom. The number of ether oxygens (including phenoxy) is 1. The fraction of sp³-hybridized carbons (Fsp3) is 0.500. The summed E-state index contributed by atoms with van der Waals surface area (Å²) in [6.07, 6.45) is 0. The number of hydrogen-bond donors (Lipinski definition) is 1. The van der Waals surface area contributed by atoms with E-state index in [4.69, 9.17) is 4.74 Å². The van der Waals surface area contributed by atoms with Crippen LogP contribution < -0.4 is 10.1 Å². The smallest absolute Gasteiger partial charge is 0.260 e. The largest absolute Gasteiger partial charge is 0.484 e. The van der Waals surface area contributed by atoms with Crippen LogP contribution in [0.3, 0.4) is 0 Å². The van der Waals surface area contributed by atoms with Gasteiger partial charge < -0.3 is 15.0 Å². The number of benzene rings is 1. The normalized spacial score (nSPS) is 18.6. The highest BCUT2D eigenvalue weighted by molar-refractivity contribution is 5.85. The maximum atomic E-state index is 12.0. The first kappa shape index (κ1) is 15.8. The summed E-state index contributed by atoms with van der Waals surface area (Å²) in [6, 6.07) is 8.00. The van der Waals surface area contributed by atoms with Gasteiger partial charge in [-0.1, -0.05) is 12.1 Å². The highest BCUT2D eigenvalue weighted by Gasteiger charge is 2.22. The number of piperazine rings is 1. The highest BCUT2D eigenvalue weighted by atomic mass is 35.5. The second-order valence-electron chi connectivity index (χ2n) is 4.75. The third-order valence-corrected chi connectivity index (χ3v) is 3.17. The predicted octanol–water partition coefficient (Wildman–Crippen LogP) is 1.62. The van der Waals surface area contributed by atoms with E-state index >= 15 is 0 Å². The van der Waals surface area contributed by atoms with E-state index in [0.717, 1.165) is 30.9 Å². The van der Waals surface area contributed by atoms with Crippen molar-refractivity contribution in [2.75, 3.05) is 26.2 Å². The fourth-order valence-corrected chi connectivity index (χ4v) is 2.14. The molecule has 1 saturated heterocycles. The van der Waals surface area contributed by atoms with Crippen LogP contribution >= 0.6 is 12.4 Å². The molecule has 1 amide bonds. The van der Waals surface area contributed by atoms with Gasteiger partial charge in [0.25, 0.3) is 5.91 Å². The van der Waals surface area contributed by atoms with Crippen molar-refractivity contribution in [3.63, 3.8) is 0 Å². The van der Waals surface area contributed by atoms with Gasteiger partial charge in [0.1, 0.15) is 5.75 Å². The maximum absolute atomic E-state index is 12.0. The van der Waals surface area contributed by atoms with E-state index in [9.17, 15) is 4.79 Å². The lowest BCUT2D eigenvalue weighted by atomic mass is 10.2. The minimum absolute atomic E-state index is 0. The molecule has 0 radical (unpaired) electrons. The maximum Gasteiger partial charge on any atom is 0.260 e. The number of nitrogens with zero attached hydrogens (tertiary/aromatic N) is 1. The van der Waals surface area contributed by atoms with Crippen molar-refractivity contribution in [2.24, 2.45) is 0 Å². The first-order valence-electron chi connectivity index (χ1n) is 6.36. The minimum atomic E-state index is 0. The molecule has 1 fully saturated rings. The molecule has 1 aromatic carbocycles. The van der Waals surface area contributed by atoms with E-state index in [2.05, 4.69) is 12.2 Å². The lowest BCUT2D eigenvalue weighted by Crippen LogP contribution is -2.53. The van der Waals surface area contributed by atoms with E-state index in [1.165, 1.54) is 0 Å². The molecule has 0 spiro atoms. The summed E-state index contributed by atoms with van der Waals surface area (Å²) >= 11 is 0. The number of rotatable bonds is 3. The highest BCUT2D eigenvalue weighted by Crippen LogP contribution is 2.12. The monoisotopic (exact) mass is 284 g/mol. The second kappa shape index (κ2) is 7.36. The molecule has 1 aliphatic rings. The van der Waals surface area contributed by atoms with E-state index in [1.807, 2.05) is 36.1 Å². The zero-order chi connectivity index (χ0) is 13.0. The number of halogens is 1. The summed E-state index contributed by atoms with van der Waals surface area (Å²) in [4.78, 5) is 13.9. The van der Waals surface area contributed by atoms with E-state index in [0.29, 0.717) is 0 Å². The van der Waals surface area contributed by atoms with E-state index < -0.39 is 0 Å². The molecule has 1 atom stereocenters. The van der Waals surface area contributed by atoms with Crippen LogP contribution in [0.4, 0.5) is 0 Å². The summed E-state index contributed by atoms with van der Waals surface area (Å²) in [5.74, 6) is 0.816. The van der Waals surface area contributed by atoms with Gasteiger partial charge in [0.2, 0.25) is 0 Å². The molecule has 1 heterocycles. The van der Waals surface area contributed by atoms with Gasteiger partial charge in [-0.3, -0.25) is 4.79 Å². The van der Waals surface area contributed by atoms with Crippen LogP contribution in [0.25, 0.3) is 0 Å². The molecule has 0 aromatic heterocycles. The summed E-state index contributed by atoms with van der Waals surface area (Å²) in [6.45, 7) is 6.66. The van der Waals surface area contributed by atoms with Crippen molar-refractivity contribution >= 4 is 18.3 Å². The van der Waals surface area contributed by atoms with Crippen LogP contribution in [0.1, 0.15) is 12.5 Å². The quantitative estimate of drug-likeness (QED) is 0.917. The van der Waals surface area contributed by atoms with Gasteiger partial charge in [0.05, 0.1) is 0 Å². The molecule has 0 saturated carbocycles. The Morgan fingerprint density at radius 2 is 2.32 bits per heavy atom. The molecule has 2 rings (SSSR count). The number of carbonyl (C=O) groups is 1. The molecule has 0 bridgehead atoms. The zero-order valence-electron chi connectivity index (χ0n) is 11.4. The average molecular weight is 285 g/mol. The molecular weight excluding hydrogens is 264 g/mol. The Bertz CT molecular complexity index is 426. The number of nitrogens with one attached hydrogen (secondary N) is 1. The van der Waals surface area contributed by atoms with Gasteiger partial charge in [-0.2, -0.15) is 0 Å². The molecule has 4 nitrogen and oxygen atoms in total. The first-order valence-corrected chi connectivity index (χ1v) is 6.36. The lowest BCUT2D eigenvalue weighted by Gasteiger charge is -2.33. The summed E-state index contributed by atoms with van der Waals surface area (Å²) < 4.78 is 5.54. The Hall–Kier alpha value is -1.26. The van der Waals surface area contributed by atoms with Crippen LogP contribution in [0.15, 0.2) is 24.3 Å². The van der Waals surface area contributed by atoms with Crippen molar-refractivity contribution in [3.05, 3.63) is 29.8 Å². The third kappa shape index (κ3) is 4.40. The van der Waals surface area contributed by atoms with Crippen molar-refractivity contribution < 1.29 is 9.53 Å². The Kier molecular flexibility index (Phi) is 6.12. The summed E-state index contributed by atoms with van der Waals surface area (Å²) in [7, 11) is 0. The van der Waals surface area contributed by atoms with Crippen LogP contribution in [0.2, 0.25) is 0 Å². The molecule has 106 valence electrons. The SMILES string of the molecule is Cc1cccc(OCC(=O)N2CCNCC2C)c1.Cl. The number of carbonyl (C=O) groups excluding carboxylic acids is 1. The molecule has 19 heavy (non-hydrogen) atoms. The van der Waals surface area contributed by atoms with Crippen LogP contribution in [-0.4, -0.2) is 43.1 Å². The molecule has 1 aliphatic heterocycles. The Balaban J connectivity index is 0.00000180. The Morgan fingerprint density at radius 3 is 3.00 bits per heavy atom. The zero-order valence-corrected chi connectivity index (χ0v) is 12.2. The fourth-order valence-electron chi connectivity index (χ4n) is 2.14. The van der Waals surface area contributed by atoms with Crippen LogP contribution in [0, 0.1) is 6.92 Å². The standard InChI is InChI=1S/C14H20N2O2.ClH/c1-11-4-3-5-13(8-11)18-10-14(17)16-7-6-15-9-12(16)2;/h3-5,8,12,15H,6-7,9-10H2,1-2H3;1H. The minimum Gasteiger partial charge on any atom is -0.484 e. The average Bonchev–Trinajstić information content (AvgIpc) is 2.37. The van der Waals surface area contributed by atoms with Crippen molar-refractivity contribution in [1.29, 1.82) is 0 Å². The predicted molar refractivity (Wildman–Crippen MR) is 78.0 cm³/mol. The van der Waals surface area contributed by atoms with E-state index in [-0.39, 0.29) is 31.0 Å². The molecule has 5 heteroatoms. The second-order valence-corrected chi connectivity index (χ2v) is 4.75. The van der Waals surface area contributed by atoms with Crippen LogP contribution in [0.5, 0.6) is 5.75 Å². The molecular formula is C14H21ClN2O2. The molecule has 0 aliphatic carbocycles. The van der Waals surface area contributed by atoms with Crippen LogP contribution in [-0.2, 0) is 4.79 Å². The third-order valence-electron chi connectivity index (χ3n) is 3.17. The van der Waals surface area contributed by atoms with Gasteiger partial charge in [0.15, 0.2) is 6.61 Å². The van der Waals surface area contributed by atoms with Crippen molar-refractivity contribution in [2.45, 2.75) is 19.9 Å². The topological polar surface area (TPSA) is 41.6 Å².